The molecule has 2 N–H and O–H groups in total. The highest BCUT2D eigenvalue weighted by atomic mass is 16.5. The molecule has 0 radical (unpaired) electrons. The predicted molar refractivity (Wildman–Crippen MR) is 75.1 cm³/mol. The quantitative estimate of drug-likeness (QED) is 0.916. The van der Waals surface area contributed by atoms with Crippen LogP contribution in [0.5, 0.6) is 0 Å². The van der Waals surface area contributed by atoms with Crippen molar-refractivity contribution in [3.05, 3.63) is 11.7 Å². The fraction of sp³-hybridized carbons (Fsp3) is 0.867. The molecule has 1 saturated carbocycles. The topological polar surface area (TPSA) is 74.2 Å². The van der Waals surface area contributed by atoms with Crippen LogP contribution < -0.4 is 5.73 Å². The van der Waals surface area contributed by atoms with Gasteiger partial charge in [0, 0.05) is 6.61 Å². The summed E-state index contributed by atoms with van der Waals surface area (Å²) in [6.45, 7) is 3.10. The maximum Gasteiger partial charge on any atom is 0.229 e. The molecule has 2 fully saturated rings. The van der Waals surface area contributed by atoms with E-state index in [9.17, 15) is 0 Å². The Kier molecular flexibility index (Phi) is 4.08. The number of ether oxygens (including phenoxy) is 1. The minimum absolute atomic E-state index is 0.243. The fourth-order valence-corrected chi connectivity index (χ4v) is 3.36. The largest absolute Gasteiger partial charge is 0.378 e. The minimum atomic E-state index is -0.385. The highest BCUT2D eigenvalue weighted by Gasteiger charge is 2.37. The average molecular weight is 279 g/mol. The van der Waals surface area contributed by atoms with Crippen molar-refractivity contribution in [2.45, 2.75) is 69.9 Å². The van der Waals surface area contributed by atoms with Crippen molar-refractivity contribution < 1.29 is 9.26 Å². The average Bonchev–Trinajstić information content (AvgIpc) is 3.12. The second kappa shape index (κ2) is 5.82. The van der Waals surface area contributed by atoms with Gasteiger partial charge < -0.3 is 15.0 Å². The SMILES string of the molecule is CCC1CCC(N)(c2noc(CC3CCCO3)n2)CC1. The molecule has 1 aliphatic heterocycles. The number of rotatable bonds is 4. The van der Waals surface area contributed by atoms with E-state index in [0.29, 0.717) is 11.7 Å². The summed E-state index contributed by atoms with van der Waals surface area (Å²) in [6.07, 6.45) is 8.69. The molecule has 5 heteroatoms. The van der Waals surface area contributed by atoms with Crippen molar-refractivity contribution in [1.29, 1.82) is 0 Å². The van der Waals surface area contributed by atoms with Crippen molar-refractivity contribution in [3.8, 4) is 0 Å². The lowest BCUT2D eigenvalue weighted by Crippen LogP contribution is -2.41. The molecule has 0 spiro atoms. The van der Waals surface area contributed by atoms with Gasteiger partial charge in [0.15, 0.2) is 5.82 Å². The Bertz CT molecular complexity index is 432. The Morgan fingerprint density at radius 3 is 2.75 bits per heavy atom. The number of nitrogens with two attached hydrogens (primary N) is 1. The highest BCUT2D eigenvalue weighted by molar-refractivity contribution is 5.06. The van der Waals surface area contributed by atoms with E-state index >= 15 is 0 Å². The van der Waals surface area contributed by atoms with E-state index in [-0.39, 0.29) is 11.6 Å². The van der Waals surface area contributed by atoms with Gasteiger partial charge in [0.05, 0.1) is 18.1 Å². The van der Waals surface area contributed by atoms with Gasteiger partial charge in [-0.1, -0.05) is 18.5 Å². The summed E-state index contributed by atoms with van der Waals surface area (Å²) in [4.78, 5) is 4.54. The lowest BCUT2D eigenvalue weighted by Gasteiger charge is -2.34. The van der Waals surface area contributed by atoms with Gasteiger partial charge in [-0.3, -0.25) is 0 Å². The first-order valence-corrected chi connectivity index (χ1v) is 7.93. The standard InChI is InChI=1S/C15H25N3O2/c1-2-11-5-7-15(16,8-6-11)14-17-13(20-18-14)10-12-4-3-9-19-12/h11-12H,2-10,16H2,1H3. The Balaban J connectivity index is 1.63. The molecule has 1 saturated heterocycles. The van der Waals surface area contributed by atoms with Gasteiger partial charge in [-0.15, -0.1) is 0 Å². The summed E-state index contributed by atoms with van der Waals surface area (Å²) < 4.78 is 11.0. The Labute approximate surface area is 120 Å². The van der Waals surface area contributed by atoms with Crippen LogP contribution in [0.3, 0.4) is 0 Å². The molecule has 2 aliphatic rings. The van der Waals surface area contributed by atoms with E-state index in [1.165, 1.54) is 19.3 Å². The Morgan fingerprint density at radius 2 is 2.10 bits per heavy atom. The van der Waals surface area contributed by atoms with Crippen LogP contribution in [0.4, 0.5) is 0 Å². The van der Waals surface area contributed by atoms with E-state index in [4.69, 9.17) is 15.0 Å². The van der Waals surface area contributed by atoms with Crippen LogP contribution in [-0.4, -0.2) is 22.9 Å². The molecule has 5 nitrogen and oxygen atoms in total. The molecule has 1 aliphatic carbocycles. The third kappa shape index (κ3) is 2.88. The molecule has 1 aromatic heterocycles. The summed E-state index contributed by atoms with van der Waals surface area (Å²) in [7, 11) is 0. The first-order valence-electron chi connectivity index (χ1n) is 7.93. The van der Waals surface area contributed by atoms with Crippen LogP contribution in [0, 0.1) is 5.92 Å². The van der Waals surface area contributed by atoms with Gasteiger partial charge >= 0.3 is 0 Å². The number of aromatic nitrogens is 2. The fourth-order valence-electron chi connectivity index (χ4n) is 3.36. The van der Waals surface area contributed by atoms with Crippen LogP contribution in [0.15, 0.2) is 4.52 Å². The van der Waals surface area contributed by atoms with Crippen molar-refractivity contribution in [1.82, 2.24) is 10.1 Å². The van der Waals surface area contributed by atoms with Crippen LogP contribution in [0.25, 0.3) is 0 Å². The van der Waals surface area contributed by atoms with Gasteiger partial charge in [0.1, 0.15) is 0 Å². The predicted octanol–water partition coefficient (Wildman–Crippen LogP) is 2.55. The molecule has 0 aromatic carbocycles. The molecule has 1 aromatic rings. The van der Waals surface area contributed by atoms with Gasteiger partial charge in [-0.2, -0.15) is 4.98 Å². The van der Waals surface area contributed by atoms with Crippen molar-refractivity contribution in [2.75, 3.05) is 6.61 Å². The normalized spacial score (nSPS) is 34.5. The molecule has 20 heavy (non-hydrogen) atoms. The summed E-state index contributed by atoms with van der Waals surface area (Å²) in [5, 5.41) is 4.14. The first kappa shape index (κ1) is 14.0. The van der Waals surface area contributed by atoms with E-state index in [2.05, 4.69) is 17.1 Å². The molecule has 1 atom stereocenters. The Hall–Kier alpha value is -0.940. The highest BCUT2D eigenvalue weighted by Crippen LogP contribution is 2.37. The third-order valence-electron chi connectivity index (χ3n) is 4.91. The lowest BCUT2D eigenvalue weighted by atomic mass is 9.76. The Morgan fingerprint density at radius 1 is 1.30 bits per heavy atom. The van der Waals surface area contributed by atoms with Crippen LogP contribution >= 0.6 is 0 Å². The molecular weight excluding hydrogens is 254 g/mol. The molecule has 1 unspecified atom stereocenters. The summed E-state index contributed by atoms with van der Waals surface area (Å²) in [6, 6.07) is 0. The van der Waals surface area contributed by atoms with E-state index in [0.717, 1.165) is 44.6 Å². The van der Waals surface area contributed by atoms with Crippen molar-refractivity contribution in [3.63, 3.8) is 0 Å². The van der Waals surface area contributed by atoms with Crippen molar-refractivity contribution in [2.24, 2.45) is 11.7 Å². The maximum absolute atomic E-state index is 6.50. The van der Waals surface area contributed by atoms with Gasteiger partial charge in [0.25, 0.3) is 0 Å². The summed E-state index contributed by atoms with van der Waals surface area (Å²) in [5.41, 5.74) is 6.12. The summed E-state index contributed by atoms with van der Waals surface area (Å²) >= 11 is 0. The van der Waals surface area contributed by atoms with Crippen LogP contribution in [-0.2, 0) is 16.7 Å². The maximum atomic E-state index is 6.50. The zero-order valence-electron chi connectivity index (χ0n) is 12.3. The molecule has 3 rings (SSSR count). The van der Waals surface area contributed by atoms with Crippen molar-refractivity contribution >= 4 is 0 Å². The zero-order valence-corrected chi connectivity index (χ0v) is 12.3. The van der Waals surface area contributed by atoms with E-state index in [1.807, 2.05) is 0 Å². The number of nitrogens with zero attached hydrogens (tertiary/aromatic N) is 2. The lowest BCUT2D eigenvalue weighted by molar-refractivity contribution is 0.104. The molecule has 0 bridgehead atoms. The molecule has 2 heterocycles. The van der Waals surface area contributed by atoms with Gasteiger partial charge in [-0.05, 0) is 44.4 Å². The first-order chi connectivity index (χ1) is 9.69. The minimum Gasteiger partial charge on any atom is -0.378 e. The smallest absolute Gasteiger partial charge is 0.229 e. The van der Waals surface area contributed by atoms with Crippen LogP contribution in [0.2, 0.25) is 0 Å². The zero-order chi connectivity index (χ0) is 14.0. The number of hydrogen-bond acceptors (Lipinski definition) is 5. The molecule has 0 amide bonds. The third-order valence-corrected chi connectivity index (χ3v) is 4.91. The summed E-state index contributed by atoms with van der Waals surface area (Å²) in [5.74, 6) is 2.18. The van der Waals surface area contributed by atoms with Gasteiger partial charge in [0.2, 0.25) is 5.89 Å². The molecule has 112 valence electrons. The number of hydrogen-bond donors (Lipinski definition) is 1. The second-order valence-corrected chi connectivity index (χ2v) is 6.36. The van der Waals surface area contributed by atoms with E-state index in [1.54, 1.807) is 0 Å². The van der Waals surface area contributed by atoms with E-state index < -0.39 is 0 Å². The van der Waals surface area contributed by atoms with Gasteiger partial charge in [-0.25, -0.2) is 0 Å². The molecular formula is C15H25N3O2. The van der Waals surface area contributed by atoms with Crippen LogP contribution in [0.1, 0.15) is 63.6 Å². The second-order valence-electron chi connectivity index (χ2n) is 6.36. The monoisotopic (exact) mass is 279 g/mol.